The molecular formula is C21H26N6O. The molecule has 0 spiro atoms. The number of hydrogen-bond donors (Lipinski definition) is 0. The average Bonchev–Trinajstić information content (AvgIpc) is 3.28. The molecule has 0 aromatic carbocycles. The molecule has 7 heteroatoms. The summed E-state index contributed by atoms with van der Waals surface area (Å²) < 4.78 is 3.96. The second-order valence-corrected chi connectivity index (χ2v) is 8.39. The molecular weight excluding hydrogens is 352 g/mol. The number of hydrogen-bond acceptors (Lipinski definition) is 4. The van der Waals surface area contributed by atoms with E-state index in [-0.39, 0.29) is 24.0 Å². The monoisotopic (exact) mass is 378 g/mol. The molecule has 5 heterocycles. The van der Waals surface area contributed by atoms with E-state index in [1.165, 1.54) is 5.69 Å². The van der Waals surface area contributed by atoms with Gasteiger partial charge < -0.3 is 4.90 Å². The van der Waals surface area contributed by atoms with E-state index in [4.69, 9.17) is 0 Å². The summed E-state index contributed by atoms with van der Waals surface area (Å²) in [5.74, 6) is 0.218. The molecule has 7 nitrogen and oxygen atoms in total. The third-order valence-electron chi connectivity index (χ3n) is 6.25. The van der Waals surface area contributed by atoms with Crippen molar-refractivity contribution < 1.29 is 4.79 Å². The van der Waals surface area contributed by atoms with Gasteiger partial charge in [-0.2, -0.15) is 10.2 Å². The zero-order valence-electron chi connectivity index (χ0n) is 16.9. The van der Waals surface area contributed by atoms with Crippen LogP contribution >= 0.6 is 0 Å². The lowest BCUT2D eigenvalue weighted by molar-refractivity contribution is -0.135. The van der Waals surface area contributed by atoms with Gasteiger partial charge in [0.05, 0.1) is 29.2 Å². The Bertz CT molecular complexity index is 1080. The highest BCUT2D eigenvalue weighted by molar-refractivity contribution is 5.78. The molecule has 3 aromatic heterocycles. The van der Waals surface area contributed by atoms with Gasteiger partial charge in [0.15, 0.2) is 5.65 Å². The number of aromatic nitrogens is 5. The summed E-state index contributed by atoms with van der Waals surface area (Å²) in [7, 11) is 0. The predicted molar refractivity (Wildman–Crippen MR) is 105 cm³/mol. The second-order valence-electron chi connectivity index (χ2n) is 8.39. The van der Waals surface area contributed by atoms with Gasteiger partial charge in [-0.05, 0) is 46.6 Å². The lowest BCUT2D eigenvalue weighted by atomic mass is 9.98. The summed E-state index contributed by atoms with van der Waals surface area (Å²) in [4.78, 5) is 20.0. The minimum absolute atomic E-state index is 0.0522. The number of carbonyl (C=O) groups is 1. The van der Waals surface area contributed by atoms with Gasteiger partial charge in [-0.1, -0.05) is 0 Å². The lowest BCUT2D eigenvalue weighted by Crippen LogP contribution is -2.43. The van der Waals surface area contributed by atoms with Crippen molar-refractivity contribution in [3.8, 4) is 0 Å². The Morgan fingerprint density at radius 2 is 1.96 bits per heavy atom. The first-order valence-corrected chi connectivity index (χ1v) is 10.1. The molecule has 1 saturated heterocycles. The number of fused-ring (bicyclic) bond motifs is 6. The quantitative estimate of drug-likeness (QED) is 0.702. The summed E-state index contributed by atoms with van der Waals surface area (Å²) >= 11 is 0. The third-order valence-corrected chi connectivity index (χ3v) is 6.25. The van der Waals surface area contributed by atoms with Crippen molar-refractivity contribution in [1.29, 1.82) is 0 Å². The summed E-state index contributed by atoms with van der Waals surface area (Å²) in [5.41, 5.74) is 6.36. The van der Waals surface area contributed by atoms with Gasteiger partial charge >= 0.3 is 0 Å². The highest BCUT2D eigenvalue weighted by Gasteiger charge is 2.44. The van der Waals surface area contributed by atoms with Crippen LogP contribution in [0.5, 0.6) is 0 Å². The number of carbonyl (C=O) groups excluding carboxylic acids is 1. The van der Waals surface area contributed by atoms with Gasteiger partial charge in [0.25, 0.3) is 0 Å². The Kier molecular flexibility index (Phi) is 3.82. The Labute approximate surface area is 164 Å². The Hall–Kier alpha value is -2.70. The maximum Gasteiger partial charge on any atom is 0.225 e. The number of aryl methyl sites for hydroxylation is 3. The predicted octanol–water partition coefficient (Wildman–Crippen LogP) is 3.09. The summed E-state index contributed by atoms with van der Waals surface area (Å²) in [6, 6.07) is 4.50. The minimum Gasteiger partial charge on any atom is -0.332 e. The lowest BCUT2D eigenvalue weighted by Gasteiger charge is -2.36. The van der Waals surface area contributed by atoms with Gasteiger partial charge in [-0.15, -0.1) is 0 Å². The molecule has 5 rings (SSSR count). The van der Waals surface area contributed by atoms with Crippen molar-refractivity contribution in [3.05, 3.63) is 46.7 Å². The van der Waals surface area contributed by atoms with Crippen LogP contribution in [-0.4, -0.2) is 41.2 Å². The van der Waals surface area contributed by atoms with E-state index in [2.05, 4.69) is 33.1 Å². The smallest absolute Gasteiger partial charge is 0.225 e. The Morgan fingerprint density at radius 1 is 1.18 bits per heavy atom. The number of nitrogens with zero attached hydrogens (tertiary/aromatic N) is 6. The molecule has 146 valence electrons. The first kappa shape index (κ1) is 17.4. The molecule has 2 aliphatic rings. The largest absolute Gasteiger partial charge is 0.332 e. The van der Waals surface area contributed by atoms with E-state index >= 15 is 0 Å². The van der Waals surface area contributed by atoms with E-state index in [0.29, 0.717) is 6.42 Å². The molecule has 3 atom stereocenters. The van der Waals surface area contributed by atoms with Crippen molar-refractivity contribution >= 4 is 11.6 Å². The molecule has 0 aliphatic carbocycles. The fourth-order valence-electron chi connectivity index (χ4n) is 5.12. The summed E-state index contributed by atoms with van der Waals surface area (Å²) in [6.45, 7) is 8.11. The van der Waals surface area contributed by atoms with Crippen LogP contribution < -0.4 is 0 Å². The molecule has 0 saturated carbocycles. The van der Waals surface area contributed by atoms with Gasteiger partial charge in [0.2, 0.25) is 5.91 Å². The highest BCUT2D eigenvalue weighted by Crippen LogP contribution is 2.44. The van der Waals surface area contributed by atoms with Crippen molar-refractivity contribution in [2.45, 2.75) is 71.5 Å². The van der Waals surface area contributed by atoms with Crippen molar-refractivity contribution in [1.82, 2.24) is 29.3 Å². The zero-order chi connectivity index (χ0) is 19.6. The SMILES string of the molecule is Cc1cc(C)n(C(C)CC(=O)N2C3CCC2c2cnc4cc(C)nn4c2C3)n1. The number of amides is 1. The third kappa shape index (κ3) is 2.56. The van der Waals surface area contributed by atoms with E-state index in [9.17, 15) is 4.79 Å². The van der Waals surface area contributed by atoms with Gasteiger partial charge in [-0.25, -0.2) is 9.50 Å². The maximum absolute atomic E-state index is 13.3. The molecule has 1 amide bonds. The van der Waals surface area contributed by atoms with E-state index in [1.54, 1.807) is 0 Å². The molecule has 28 heavy (non-hydrogen) atoms. The van der Waals surface area contributed by atoms with Gasteiger partial charge in [0, 0.05) is 42.4 Å². The highest BCUT2D eigenvalue weighted by atomic mass is 16.2. The first-order valence-electron chi connectivity index (χ1n) is 10.1. The van der Waals surface area contributed by atoms with Crippen molar-refractivity contribution in [2.24, 2.45) is 0 Å². The topological polar surface area (TPSA) is 68.3 Å². The van der Waals surface area contributed by atoms with Gasteiger partial charge in [-0.3, -0.25) is 9.48 Å². The van der Waals surface area contributed by atoms with Crippen LogP contribution in [0.4, 0.5) is 0 Å². The van der Waals surface area contributed by atoms with E-state index in [0.717, 1.165) is 47.6 Å². The molecule has 3 unspecified atom stereocenters. The van der Waals surface area contributed by atoms with Crippen molar-refractivity contribution in [2.75, 3.05) is 0 Å². The van der Waals surface area contributed by atoms with Crippen LogP contribution in [0.1, 0.15) is 66.6 Å². The van der Waals surface area contributed by atoms with E-state index < -0.39 is 0 Å². The Morgan fingerprint density at radius 3 is 2.71 bits per heavy atom. The standard InChI is InChI=1S/C21H26N6O/c1-12-7-14(3)26(23-12)15(4)9-21(28)25-16-5-6-18(25)17-11-22-20-8-13(2)24-27(20)19(17)10-16/h7-8,11,15-16,18H,5-6,9-10H2,1-4H3. The molecule has 2 aliphatic heterocycles. The molecule has 0 radical (unpaired) electrons. The molecule has 2 bridgehead atoms. The van der Waals surface area contributed by atoms with Crippen LogP contribution in [0.15, 0.2) is 18.3 Å². The number of rotatable bonds is 3. The van der Waals surface area contributed by atoms with Crippen LogP contribution in [0.3, 0.4) is 0 Å². The molecule has 0 N–H and O–H groups in total. The minimum atomic E-state index is 0.0522. The molecule has 1 fully saturated rings. The maximum atomic E-state index is 13.3. The fourth-order valence-corrected chi connectivity index (χ4v) is 5.12. The summed E-state index contributed by atoms with van der Waals surface area (Å²) in [6.07, 6.45) is 5.34. The fraction of sp³-hybridized carbons (Fsp3) is 0.524. The molecule has 3 aromatic rings. The van der Waals surface area contributed by atoms with Crippen LogP contribution in [0, 0.1) is 20.8 Å². The summed E-state index contributed by atoms with van der Waals surface area (Å²) in [5, 5.41) is 9.19. The normalized spacial score (nSPS) is 21.9. The average molecular weight is 378 g/mol. The van der Waals surface area contributed by atoms with Crippen LogP contribution in [0.25, 0.3) is 5.65 Å². The van der Waals surface area contributed by atoms with Crippen LogP contribution in [0.2, 0.25) is 0 Å². The van der Waals surface area contributed by atoms with E-state index in [1.807, 2.05) is 42.2 Å². The Balaban J connectivity index is 1.43. The van der Waals surface area contributed by atoms with Crippen molar-refractivity contribution in [3.63, 3.8) is 0 Å². The van der Waals surface area contributed by atoms with Gasteiger partial charge in [0.1, 0.15) is 0 Å². The van der Waals surface area contributed by atoms with Crippen LogP contribution in [-0.2, 0) is 11.2 Å². The zero-order valence-corrected chi connectivity index (χ0v) is 16.9. The second kappa shape index (κ2) is 6.15. The first-order chi connectivity index (χ1) is 13.4.